The average Bonchev–Trinajstić information content (AvgIpc) is 3.45. The molecule has 2 aliphatic rings. The summed E-state index contributed by atoms with van der Waals surface area (Å²) < 4.78 is 12.8. The molecule has 0 aliphatic carbocycles. The van der Waals surface area contributed by atoms with Gasteiger partial charge >= 0.3 is 0 Å². The third kappa shape index (κ3) is 5.15. The molecule has 4 nitrogen and oxygen atoms in total. The van der Waals surface area contributed by atoms with E-state index in [9.17, 15) is 0 Å². The summed E-state index contributed by atoms with van der Waals surface area (Å²) in [6.45, 7) is 14.5. The van der Waals surface area contributed by atoms with Gasteiger partial charge in [0.2, 0.25) is 0 Å². The van der Waals surface area contributed by atoms with Crippen molar-refractivity contribution in [3.8, 4) is 0 Å². The number of benzene rings is 2. The lowest BCUT2D eigenvalue weighted by molar-refractivity contribution is 0.207. The van der Waals surface area contributed by atoms with E-state index in [-0.39, 0.29) is 22.9 Å². The van der Waals surface area contributed by atoms with Crippen LogP contribution in [0.5, 0.6) is 0 Å². The maximum absolute atomic E-state index is 6.42. The van der Waals surface area contributed by atoms with Crippen LogP contribution in [0.15, 0.2) is 70.6 Å². The molecular formula is C29H38N2O2. The maximum atomic E-state index is 6.42. The minimum atomic E-state index is -0.581. The first kappa shape index (κ1) is 23.5. The Bertz CT molecular complexity index is 914. The molecule has 0 spiro atoms. The standard InChI is InChI=1S/C29H38N2O2/c1-27(2,3)23-19-32-25(30-23)29(17-21-13-9-7-10-14-21,18-22-15-11-8-12-16-22)26-31-24(20-33-26)28(4,5)6/h7-16,23-24H,17-20H2,1-6H3/t23-,24-/m1/s1. The van der Waals surface area contributed by atoms with Gasteiger partial charge in [-0.2, -0.15) is 0 Å². The summed E-state index contributed by atoms with van der Waals surface area (Å²) >= 11 is 0. The van der Waals surface area contributed by atoms with Crippen molar-refractivity contribution in [3.05, 3.63) is 71.8 Å². The summed E-state index contributed by atoms with van der Waals surface area (Å²) in [7, 11) is 0. The van der Waals surface area contributed by atoms with Crippen LogP contribution in [0.25, 0.3) is 0 Å². The van der Waals surface area contributed by atoms with Crippen LogP contribution >= 0.6 is 0 Å². The van der Waals surface area contributed by atoms with Gasteiger partial charge in [0.05, 0.1) is 12.1 Å². The molecule has 0 radical (unpaired) electrons. The fourth-order valence-electron chi connectivity index (χ4n) is 4.50. The first-order valence-electron chi connectivity index (χ1n) is 12.1. The molecule has 0 saturated carbocycles. The zero-order chi connectivity index (χ0) is 23.7. The second kappa shape index (κ2) is 8.96. The van der Waals surface area contributed by atoms with Crippen LogP contribution < -0.4 is 0 Å². The summed E-state index contributed by atoms with van der Waals surface area (Å²) in [4.78, 5) is 10.4. The SMILES string of the molecule is CC(C)(C)[C@H]1COC(C(Cc2ccccc2)(Cc2ccccc2)C2=N[C@@H](C(C)(C)C)CO2)=N1. The Balaban J connectivity index is 1.86. The molecule has 33 heavy (non-hydrogen) atoms. The van der Waals surface area contributed by atoms with Gasteiger partial charge in [-0.3, -0.25) is 0 Å². The predicted octanol–water partition coefficient (Wildman–Crippen LogP) is 6.15. The van der Waals surface area contributed by atoms with E-state index in [1.807, 2.05) is 0 Å². The monoisotopic (exact) mass is 446 g/mol. The first-order valence-corrected chi connectivity index (χ1v) is 12.1. The Morgan fingerprint density at radius 1 is 0.636 bits per heavy atom. The van der Waals surface area contributed by atoms with Crippen LogP contribution in [-0.4, -0.2) is 37.1 Å². The predicted molar refractivity (Wildman–Crippen MR) is 136 cm³/mol. The zero-order valence-corrected chi connectivity index (χ0v) is 21.0. The fourth-order valence-corrected chi connectivity index (χ4v) is 4.50. The highest BCUT2D eigenvalue weighted by Gasteiger charge is 2.50. The second-order valence-corrected chi connectivity index (χ2v) is 11.7. The molecule has 2 atom stereocenters. The molecule has 0 fully saturated rings. The zero-order valence-electron chi connectivity index (χ0n) is 21.0. The molecule has 4 rings (SSSR count). The van der Waals surface area contributed by atoms with Crippen molar-refractivity contribution in [1.29, 1.82) is 0 Å². The van der Waals surface area contributed by atoms with E-state index in [2.05, 4.69) is 102 Å². The molecule has 176 valence electrons. The van der Waals surface area contributed by atoms with E-state index in [0.717, 1.165) is 24.6 Å². The molecule has 2 heterocycles. The number of hydrogen-bond acceptors (Lipinski definition) is 4. The minimum Gasteiger partial charge on any atom is -0.478 e. The summed E-state index contributed by atoms with van der Waals surface area (Å²) in [5, 5.41) is 0. The lowest BCUT2D eigenvalue weighted by Crippen LogP contribution is -2.44. The molecule has 0 aromatic heterocycles. The van der Waals surface area contributed by atoms with Gasteiger partial charge < -0.3 is 9.47 Å². The average molecular weight is 447 g/mol. The van der Waals surface area contributed by atoms with E-state index in [4.69, 9.17) is 19.5 Å². The van der Waals surface area contributed by atoms with Crippen molar-refractivity contribution in [2.45, 2.75) is 66.5 Å². The van der Waals surface area contributed by atoms with Crippen LogP contribution in [0.3, 0.4) is 0 Å². The molecule has 0 saturated heterocycles. The molecule has 4 heteroatoms. The molecule has 0 bridgehead atoms. The largest absolute Gasteiger partial charge is 0.478 e. The first-order chi connectivity index (χ1) is 15.6. The highest BCUT2D eigenvalue weighted by molar-refractivity contribution is 6.07. The Kier molecular flexibility index (Phi) is 6.39. The quantitative estimate of drug-likeness (QED) is 0.534. The van der Waals surface area contributed by atoms with Gasteiger partial charge in [-0.25, -0.2) is 9.98 Å². The normalized spacial score (nSPS) is 21.3. The van der Waals surface area contributed by atoms with Crippen LogP contribution in [0.1, 0.15) is 52.7 Å². The lowest BCUT2D eigenvalue weighted by Gasteiger charge is -2.32. The van der Waals surface area contributed by atoms with Gasteiger partial charge in [0.1, 0.15) is 18.6 Å². The van der Waals surface area contributed by atoms with E-state index >= 15 is 0 Å². The fraction of sp³-hybridized carbons (Fsp3) is 0.517. The van der Waals surface area contributed by atoms with E-state index in [1.165, 1.54) is 11.1 Å². The Morgan fingerprint density at radius 2 is 1.00 bits per heavy atom. The van der Waals surface area contributed by atoms with Crippen molar-refractivity contribution in [1.82, 2.24) is 0 Å². The smallest absolute Gasteiger partial charge is 0.200 e. The third-order valence-electron chi connectivity index (χ3n) is 6.82. The highest BCUT2D eigenvalue weighted by atomic mass is 16.5. The molecular weight excluding hydrogens is 408 g/mol. The van der Waals surface area contributed by atoms with Gasteiger partial charge in [0.25, 0.3) is 0 Å². The van der Waals surface area contributed by atoms with Crippen molar-refractivity contribution in [2.75, 3.05) is 13.2 Å². The molecule has 0 amide bonds. The van der Waals surface area contributed by atoms with E-state index < -0.39 is 5.41 Å². The highest BCUT2D eigenvalue weighted by Crippen LogP contribution is 2.40. The molecule has 0 unspecified atom stereocenters. The molecule has 0 N–H and O–H groups in total. The molecule has 2 aromatic carbocycles. The van der Waals surface area contributed by atoms with Crippen LogP contribution in [0, 0.1) is 16.2 Å². The van der Waals surface area contributed by atoms with E-state index in [1.54, 1.807) is 0 Å². The Morgan fingerprint density at radius 3 is 1.30 bits per heavy atom. The van der Waals surface area contributed by atoms with Gasteiger partial charge in [0.15, 0.2) is 11.8 Å². The van der Waals surface area contributed by atoms with Gasteiger partial charge in [-0.05, 0) is 34.8 Å². The topological polar surface area (TPSA) is 43.2 Å². The number of nitrogens with zero attached hydrogens (tertiary/aromatic N) is 2. The van der Waals surface area contributed by atoms with Crippen molar-refractivity contribution in [2.24, 2.45) is 26.2 Å². The minimum absolute atomic E-state index is 0.0271. The summed E-state index contributed by atoms with van der Waals surface area (Å²) in [6.07, 6.45) is 1.46. The van der Waals surface area contributed by atoms with Gasteiger partial charge in [-0.15, -0.1) is 0 Å². The second-order valence-electron chi connectivity index (χ2n) is 11.7. The third-order valence-corrected chi connectivity index (χ3v) is 6.82. The molecule has 2 aliphatic heterocycles. The molecule has 2 aromatic rings. The number of rotatable bonds is 6. The summed E-state index contributed by atoms with van der Waals surface area (Å²) in [5.41, 5.74) is 1.93. The number of hydrogen-bond donors (Lipinski definition) is 0. The van der Waals surface area contributed by atoms with Crippen LogP contribution in [-0.2, 0) is 22.3 Å². The van der Waals surface area contributed by atoms with Crippen LogP contribution in [0.2, 0.25) is 0 Å². The van der Waals surface area contributed by atoms with Crippen molar-refractivity contribution in [3.63, 3.8) is 0 Å². The van der Waals surface area contributed by atoms with E-state index in [0.29, 0.717) is 13.2 Å². The number of ether oxygens (including phenoxy) is 2. The Labute approximate surface area is 199 Å². The number of aliphatic imine (C=N–C) groups is 2. The summed E-state index contributed by atoms with van der Waals surface area (Å²) in [5.74, 6) is 1.53. The van der Waals surface area contributed by atoms with Crippen LogP contribution in [0.4, 0.5) is 0 Å². The Hall–Kier alpha value is -2.62. The lowest BCUT2D eigenvalue weighted by atomic mass is 9.75. The van der Waals surface area contributed by atoms with Crippen molar-refractivity contribution < 1.29 is 9.47 Å². The van der Waals surface area contributed by atoms with Gasteiger partial charge in [-0.1, -0.05) is 102 Å². The van der Waals surface area contributed by atoms with Gasteiger partial charge in [0, 0.05) is 0 Å². The maximum Gasteiger partial charge on any atom is 0.200 e. The summed E-state index contributed by atoms with van der Waals surface area (Å²) in [6, 6.07) is 21.4. The van der Waals surface area contributed by atoms with Crippen molar-refractivity contribution >= 4 is 11.8 Å².